The van der Waals surface area contributed by atoms with E-state index in [-0.39, 0.29) is 11.7 Å². The van der Waals surface area contributed by atoms with Crippen LogP contribution in [0, 0.1) is 0 Å². The third-order valence-electron chi connectivity index (χ3n) is 4.03. The van der Waals surface area contributed by atoms with Crippen LogP contribution in [0.4, 0.5) is 4.79 Å². The maximum absolute atomic E-state index is 12.3. The molecule has 0 bridgehead atoms. The second-order valence-corrected chi connectivity index (χ2v) is 8.28. The molecule has 0 saturated heterocycles. The van der Waals surface area contributed by atoms with Gasteiger partial charge in [0.2, 0.25) is 0 Å². The zero-order valence-corrected chi connectivity index (χ0v) is 16.1. The fourth-order valence-electron chi connectivity index (χ4n) is 2.62. The highest BCUT2D eigenvalue weighted by Crippen LogP contribution is 2.28. The molecule has 0 spiro atoms. The van der Waals surface area contributed by atoms with Crippen LogP contribution in [0.5, 0.6) is 0 Å². The molecule has 136 valence electrons. The van der Waals surface area contributed by atoms with Crippen molar-refractivity contribution in [3.05, 3.63) is 0 Å². The van der Waals surface area contributed by atoms with Gasteiger partial charge in [-0.3, -0.25) is 0 Å². The quantitative estimate of drug-likeness (QED) is 0.657. The van der Waals surface area contributed by atoms with E-state index in [2.05, 4.69) is 26.1 Å². The summed E-state index contributed by atoms with van der Waals surface area (Å²) in [6, 6.07) is 0.774. The lowest BCUT2D eigenvalue weighted by atomic mass is 10.00. The topological polar surface area (TPSA) is 50.8 Å². The van der Waals surface area contributed by atoms with Crippen LogP contribution in [0.15, 0.2) is 0 Å². The number of amides is 1. The molecule has 0 aromatic carbocycles. The van der Waals surface area contributed by atoms with E-state index in [4.69, 9.17) is 9.47 Å². The summed E-state index contributed by atoms with van der Waals surface area (Å²) in [5.74, 6) is 0. The zero-order valence-electron chi connectivity index (χ0n) is 16.1. The average molecular weight is 328 g/mol. The molecule has 1 N–H and O–H groups in total. The van der Waals surface area contributed by atoms with Crippen LogP contribution in [-0.4, -0.2) is 54.5 Å². The Bertz CT molecular complexity index is 373. The molecular formula is C18H36N2O3. The summed E-state index contributed by atoms with van der Waals surface area (Å²) < 4.78 is 11.0. The van der Waals surface area contributed by atoms with Crippen LogP contribution >= 0.6 is 0 Å². The number of nitrogens with one attached hydrogen (secondary N) is 1. The summed E-state index contributed by atoms with van der Waals surface area (Å²) in [6.07, 6.45) is 3.93. The van der Waals surface area contributed by atoms with Gasteiger partial charge in [-0.1, -0.05) is 0 Å². The van der Waals surface area contributed by atoms with Gasteiger partial charge in [0.05, 0.1) is 5.60 Å². The highest BCUT2D eigenvalue weighted by Gasteiger charge is 2.34. The molecule has 1 fully saturated rings. The van der Waals surface area contributed by atoms with Crippen molar-refractivity contribution >= 4 is 6.09 Å². The first kappa shape index (κ1) is 20.2. The molecule has 1 aliphatic rings. The lowest BCUT2D eigenvalue weighted by Gasteiger charge is -2.28. The van der Waals surface area contributed by atoms with Gasteiger partial charge in [-0.2, -0.15) is 0 Å². The Morgan fingerprint density at radius 1 is 1.26 bits per heavy atom. The Hall–Kier alpha value is -0.810. The van der Waals surface area contributed by atoms with Crippen molar-refractivity contribution in [1.29, 1.82) is 0 Å². The van der Waals surface area contributed by atoms with Crippen molar-refractivity contribution in [2.24, 2.45) is 0 Å². The van der Waals surface area contributed by atoms with Gasteiger partial charge >= 0.3 is 6.09 Å². The molecule has 1 unspecified atom stereocenters. The van der Waals surface area contributed by atoms with Crippen LogP contribution in [0.2, 0.25) is 0 Å². The van der Waals surface area contributed by atoms with Crippen LogP contribution < -0.4 is 5.32 Å². The van der Waals surface area contributed by atoms with Gasteiger partial charge in [-0.05, 0) is 73.8 Å². The normalized spacial score (nSPS) is 17.0. The molecule has 1 aliphatic carbocycles. The first-order valence-corrected chi connectivity index (χ1v) is 8.82. The minimum absolute atomic E-state index is 0.108. The average Bonchev–Trinajstić information content (AvgIpc) is 3.20. The molecule has 1 rings (SSSR count). The van der Waals surface area contributed by atoms with Gasteiger partial charge in [0, 0.05) is 25.7 Å². The predicted octanol–water partition coefficient (Wildman–Crippen LogP) is 3.57. The number of nitrogens with zero attached hydrogens (tertiary/aromatic N) is 1. The first-order valence-electron chi connectivity index (χ1n) is 8.82. The van der Waals surface area contributed by atoms with Crippen molar-refractivity contribution in [2.75, 3.05) is 20.2 Å². The fraction of sp³-hybridized carbons (Fsp3) is 0.944. The van der Waals surface area contributed by atoms with E-state index in [1.54, 1.807) is 7.11 Å². The molecule has 23 heavy (non-hydrogen) atoms. The summed E-state index contributed by atoms with van der Waals surface area (Å²) in [5.41, 5.74) is -0.536. The molecule has 5 nitrogen and oxygen atoms in total. The van der Waals surface area contributed by atoms with Crippen molar-refractivity contribution in [3.63, 3.8) is 0 Å². The molecule has 1 atom stereocenters. The Morgan fingerprint density at radius 2 is 1.87 bits per heavy atom. The Kier molecular flexibility index (Phi) is 7.33. The molecule has 0 aliphatic heterocycles. The number of ether oxygens (including phenoxy) is 2. The van der Waals surface area contributed by atoms with E-state index in [9.17, 15) is 4.79 Å². The lowest BCUT2D eigenvalue weighted by Crippen LogP contribution is -2.40. The number of hydrogen-bond donors (Lipinski definition) is 1. The summed E-state index contributed by atoms with van der Waals surface area (Å²) in [5, 5.41) is 3.52. The largest absolute Gasteiger partial charge is 0.444 e. The van der Waals surface area contributed by atoms with Crippen molar-refractivity contribution < 1.29 is 14.3 Å². The van der Waals surface area contributed by atoms with E-state index >= 15 is 0 Å². The van der Waals surface area contributed by atoms with Gasteiger partial charge in [0.15, 0.2) is 0 Å². The third-order valence-corrected chi connectivity index (χ3v) is 4.03. The Balaban J connectivity index is 2.30. The van der Waals surface area contributed by atoms with E-state index in [1.807, 2.05) is 25.7 Å². The van der Waals surface area contributed by atoms with Crippen molar-refractivity contribution in [1.82, 2.24) is 10.2 Å². The predicted molar refractivity (Wildman–Crippen MR) is 93.7 cm³/mol. The monoisotopic (exact) mass is 328 g/mol. The smallest absolute Gasteiger partial charge is 0.410 e. The van der Waals surface area contributed by atoms with Crippen LogP contribution in [-0.2, 0) is 9.47 Å². The fourth-order valence-corrected chi connectivity index (χ4v) is 2.62. The molecule has 0 aromatic heterocycles. The van der Waals surface area contributed by atoms with E-state index in [1.165, 1.54) is 0 Å². The van der Waals surface area contributed by atoms with E-state index < -0.39 is 5.60 Å². The number of carbonyl (C=O) groups excluding carboxylic acids is 1. The van der Waals surface area contributed by atoms with Gasteiger partial charge in [0.25, 0.3) is 0 Å². The summed E-state index contributed by atoms with van der Waals surface area (Å²) in [6.45, 7) is 13.8. The molecule has 1 amide bonds. The SMILES string of the molecule is COC(C)(C)CC(C)NCCCN(C(=O)OC(C)(C)C)C1CC1. The third kappa shape index (κ3) is 8.56. The van der Waals surface area contributed by atoms with Gasteiger partial charge in [-0.25, -0.2) is 4.79 Å². The van der Waals surface area contributed by atoms with Crippen LogP contribution in [0.1, 0.15) is 67.2 Å². The van der Waals surface area contributed by atoms with E-state index in [0.29, 0.717) is 12.1 Å². The van der Waals surface area contributed by atoms with Gasteiger partial charge in [-0.15, -0.1) is 0 Å². The zero-order chi connectivity index (χ0) is 17.7. The van der Waals surface area contributed by atoms with Crippen molar-refractivity contribution in [2.45, 2.75) is 90.5 Å². The van der Waals surface area contributed by atoms with Crippen molar-refractivity contribution in [3.8, 4) is 0 Å². The van der Waals surface area contributed by atoms with Crippen LogP contribution in [0.3, 0.4) is 0 Å². The first-order chi connectivity index (χ1) is 10.5. The summed E-state index contributed by atoms with van der Waals surface area (Å²) >= 11 is 0. The second kappa shape index (κ2) is 8.34. The number of rotatable bonds is 9. The summed E-state index contributed by atoms with van der Waals surface area (Å²) in [4.78, 5) is 14.2. The van der Waals surface area contributed by atoms with Gasteiger partial charge in [0.1, 0.15) is 5.60 Å². The molecule has 0 radical (unpaired) electrons. The highest BCUT2D eigenvalue weighted by molar-refractivity contribution is 5.69. The Morgan fingerprint density at radius 3 is 2.35 bits per heavy atom. The number of hydrogen-bond acceptors (Lipinski definition) is 4. The lowest BCUT2D eigenvalue weighted by molar-refractivity contribution is 0.00850. The highest BCUT2D eigenvalue weighted by atomic mass is 16.6. The molecule has 1 saturated carbocycles. The number of carbonyl (C=O) groups is 1. The summed E-state index contributed by atoms with van der Waals surface area (Å²) in [7, 11) is 1.75. The minimum atomic E-state index is -0.428. The Labute approximate surface area is 142 Å². The minimum Gasteiger partial charge on any atom is -0.444 e. The maximum atomic E-state index is 12.3. The molecule has 0 aromatic rings. The van der Waals surface area contributed by atoms with E-state index in [0.717, 1.165) is 38.8 Å². The maximum Gasteiger partial charge on any atom is 0.410 e. The standard InChI is InChI=1S/C18H36N2O3/c1-14(13-18(5,6)22-7)19-11-8-12-20(15-9-10-15)16(21)23-17(2,3)4/h14-15,19H,8-13H2,1-7H3. The number of methoxy groups -OCH3 is 1. The second-order valence-electron chi connectivity index (χ2n) is 8.28. The van der Waals surface area contributed by atoms with Crippen LogP contribution in [0.25, 0.3) is 0 Å². The molecular weight excluding hydrogens is 292 g/mol. The molecule has 0 heterocycles. The molecule has 5 heteroatoms. The van der Waals surface area contributed by atoms with Gasteiger partial charge < -0.3 is 19.7 Å².